The molecule has 0 saturated carbocycles. The summed E-state index contributed by atoms with van der Waals surface area (Å²) in [6.45, 7) is 10.0. The van der Waals surface area contributed by atoms with Crippen molar-refractivity contribution >= 4 is 17.5 Å². The predicted octanol–water partition coefficient (Wildman–Crippen LogP) is 3.53. The number of likely N-dealkylation sites (tertiary alicyclic amines) is 1. The summed E-state index contributed by atoms with van der Waals surface area (Å²) in [5.74, 6) is 0.430. The minimum absolute atomic E-state index is 0.0289. The number of rotatable bonds is 2. The zero-order valence-electron chi connectivity index (χ0n) is 19.9. The van der Waals surface area contributed by atoms with Crippen LogP contribution in [-0.2, 0) is 13.0 Å². The second kappa shape index (κ2) is 8.49. The summed E-state index contributed by atoms with van der Waals surface area (Å²) in [6, 6.07) is 14.3. The van der Waals surface area contributed by atoms with Crippen molar-refractivity contribution in [1.82, 2.24) is 15.1 Å². The summed E-state index contributed by atoms with van der Waals surface area (Å²) in [7, 11) is 0. The number of hydrogen-bond donors (Lipinski definition) is 2. The molecule has 174 valence electrons. The van der Waals surface area contributed by atoms with E-state index in [9.17, 15) is 9.59 Å². The Morgan fingerprint density at radius 3 is 2.67 bits per heavy atom. The molecular weight excluding hydrogens is 412 g/mol. The van der Waals surface area contributed by atoms with Gasteiger partial charge in [-0.15, -0.1) is 0 Å². The van der Waals surface area contributed by atoms with Gasteiger partial charge in [0.1, 0.15) is 0 Å². The molecule has 2 amide bonds. The number of carbonyl (C=O) groups excluding carboxylic acids is 2. The van der Waals surface area contributed by atoms with E-state index in [1.165, 1.54) is 11.1 Å². The number of piperidine rings is 1. The van der Waals surface area contributed by atoms with Crippen LogP contribution in [0.15, 0.2) is 42.5 Å². The first-order chi connectivity index (χ1) is 15.9. The number of carbonyl (C=O) groups is 2. The third kappa shape index (κ3) is 3.90. The molecule has 2 N–H and O–H groups in total. The Kier molecular flexibility index (Phi) is 5.65. The van der Waals surface area contributed by atoms with Gasteiger partial charge in [-0.3, -0.25) is 9.59 Å². The van der Waals surface area contributed by atoms with Gasteiger partial charge in [0.15, 0.2) is 0 Å². The maximum atomic E-state index is 13.4. The molecule has 0 bridgehead atoms. The molecular formula is C27H34N4O2. The molecule has 0 unspecified atom stereocenters. The van der Waals surface area contributed by atoms with Crippen LogP contribution in [0.25, 0.3) is 0 Å². The first-order valence-corrected chi connectivity index (χ1v) is 12.2. The number of hydrogen-bond acceptors (Lipinski definition) is 4. The number of anilines is 1. The van der Waals surface area contributed by atoms with E-state index in [0.717, 1.165) is 38.2 Å². The second-order valence-corrected chi connectivity index (χ2v) is 10.1. The highest BCUT2D eigenvalue weighted by atomic mass is 16.2. The van der Waals surface area contributed by atoms with Crippen LogP contribution in [0.5, 0.6) is 0 Å². The second-order valence-electron chi connectivity index (χ2n) is 10.1. The highest BCUT2D eigenvalue weighted by Gasteiger charge is 2.43. The number of nitrogens with one attached hydrogen (secondary N) is 2. The van der Waals surface area contributed by atoms with Crippen LogP contribution < -0.4 is 10.6 Å². The minimum atomic E-state index is 0.0289. The lowest BCUT2D eigenvalue weighted by atomic mass is 9.72. The van der Waals surface area contributed by atoms with Gasteiger partial charge in [-0.05, 0) is 61.9 Å². The van der Waals surface area contributed by atoms with E-state index in [2.05, 4.69) is 41.8 Å². The van der Waals surface area contributed by atoms with Gasteiger partial charge in [-0.2, -0.15) is 0 Å². The Hall–Kier alpha value is -2.86. The van der Waals surface area contributed by atoms with Gasteiger partial charge in [-0.25, -0.2) is 0 Å². The summed E-state index contributed by atoms with van der Waals surface area (Å²) in [5.41, 5.74) is 4.93. The Bertz CT molecular complexity index is 1080. The minimum Gasteiger partial charge on any atom is -0.383 e. The van der Waals surface area contributed by atoms with Gasteiger partial charge in [0.25, 0.3) is 11.8 Å². The molecule has 6 heteroatoms. The van der Waals surface area contributed by atoms with Crippen LogP contribution >= 0.6 is 0 Å². The first-order valence-electron chi connectivity index (χ1n) is 12.2. The van der Waals surface area contributed by atoms with Gasteiger partial charge in [0.05, 0.1) is 5.56 Å². The normalized spacial score (nSPS) is 24.8. The summed E-state index contributed by atoms with van der Waals surface area (Å²) in [6.07, 6.45) is 1.96. The van der Waals surface area contributed by atoms with Gasteiger partial charge >= 0.3 is 0 Å². The Labute approximate surface area is 196 Å². The van der Waals surface area contributed by atoms with Gasteiger partial charge < -0.3 is 20.4 Å². The zero-order chi connectivity index (χ0) is 23.2. The third-order valence-electron chi connectivity index (χ3n) is 7.86. The number of nitrogens with zero attached hydrogens (tertiary/aromatic N) is 2. The van der Waals surface area contributed by atoms with Crippen LogP contribution in [-0.4, -0.2) is 59.4 Å². The Balaban J connectivity index is 1.32. The van der Waals surface area contributed by atoms with E-state index in [0.29, 0.717) is 30.1 Å². The molecule has 6 nitrogen and oxygen atoms in total. The van der Waals surface area contributed by atoms with Crippen molar-refractivity contribution in [3.05, 3.63) is 64.7 Å². The van der Waals surface area contributed by atoms with Gasteiger partial charge in [0.2, 0.25) is 0 Å². The third-order valence-corrected chi connectivity index (χ3v) is 7.86. The fraction of sp³-hybridized carbons (Fsp3) is 0.481. The number of fused-ring (bicyclic) bond motifs is 2. The average Bonchev–Trinajstić information content (AvgIpc) is 2.99. The number of benzene rings is 2. The highest BCUT2D eigenvalue weighted by molar-refractivity contribution is 6.03. The quantitative estimate of drug-likeness (QED) is 0.741. The maximum Gasteiger partial charge on any atom is 0.256 e. The van der Waals surface area contributed by atoms with Crippen molar-refractivity contribution in [2.24, 2.45) is 5.92 Å². The summed E-state index contributed by atoms with van der Waals surface area (Å²) in [4.78, 5) is 30.2. The molecule has 1 saturated heterocycles. The standard InChI is InChI=1S/C27H34N4O2/c1-18(2)31-13-11-28-24-14-20(8-9-23(24)26(31)33)25(32)30-12-10-27(19(3)17-30)15-21-6-4-5-7-22(21)16-29-27/h4-9,14,18-19,28-29H,10-13,15-17H2,1-3H3/t19-,27+/m1/s1. The molecule has 3 heterocycles. The monoisotopic (exact) mass is 446 g/mol. The number of amides is 2. The van der Waals surface area contributed by atoms with Crippen LogP contribution in [0, 0.1) is 5.92 Å². The highest BCUT2D eigenvalue weighted by Crippen LogP contribution is 2.36. The lowest BCUT2D eigenvalue weighted by molar-refractivity contribution is 0.0470. The lowest BCUT2D eigenvalue weighted by Gasteiger charge is -2.49. The van der Waals surface area contributed by atoms with Crippen LogP contribution in [0.2, 0.25) is 0 Å². The van der Waals surface area contributed by atoms with E-state index in [4.69, 9.17) is 0 Å². The van der Waals surface area contributed by atoms with E-state index < -0.39 is 0 Å². The van der Waals surface area contributed by atoms with Crippen molar-refractivity contribution in [2.75, 3.05) is 31.5 Å². The first kappa shape index (κ1) is 22.0. The molecule has 1 fully saturated rings. The maximum absolute atomic E-state index is 13.4. The summed E-state index contributed by atoms with van der Waals surface area (Å²) in [5, 5.41) is 7.18. The van der Waals surface area contributed by atoms with E-state index in [-0.39, 0.29) is 23.4 Å². The molecule has 1 spiro atoms. The molecule has 33 heavy (non-hydrogen) atoms. The van der Waals surface area contributed by atoms with Crippen molar-refractivity contribution in [2.45, 2.75) is 51.7 Å². The predicted molar refractivity (Wildman–Crippen MR) is 131 cm³/mol. The molecule has 2 atom stereocenters. The summed E-state index contributed by atoms with van der Waals surface area (Å²) < 4.78 is 0. The average molecular weight is 447 g/mol. The van der Waals surface area contributed by atoms with Gasteiger partial charge in [-0.1, -0.05) is 31.2 Å². The lowest BCUT2D eigenvalue weighted by Crippen LogP contribution is -2.62. The van der Waals surface area contributed by atoms with Crippen LogP contribution in [0.1, 0.15) is 59.0 Å². The molecule has 0 aliphatic carbocycles. The molecule has 3 aliphatic heterocycles. The smallest absolute Gasteiger partial charge is 0.256 e. The largest absolute Gasteiger partial charge is 0.383 e. The Morgan fingerprint density at radius 2 is 1.91 bits per heavy atom. The molecule has 2 aromatic carbocycles. The van der Waals surface area contributed by atoms with E-state index in [1.807, 2.05) is 41.8 Å². The fourth-order valence-electron chi connectivity index (χ4n) is 5.72. The SMILES string of the molecule is CC(C)N1CCNc2cc(C(=O)N3CC[C@]4(Cc5ccccc5CN4)[C@H](C)C3)ccc2C1=O. The fourth-order valence-corrected chi connectivity index (χ4v) is 5.72. The van der Waals surface area contributed by atoms with Crippen molar-refractivity contribution in [3.8, 4) is 0 Å². The molecule has 0 radical (unpaired) electrons. The van der Waals surface area contributed by atoms with Crippen molar-refractivity contribution < 1.29 is 9.59 Å². The van der Waals surface area contributed by atoms with Crippen LogP contribution in [0.3, 0.4) is 0 Å². The molecule has 5 rings (SSSR count). The Morgan fingerprint density at radius 1 is 1.12 bits per heavy atom. The molecule has 2 aromatic rings. The van der Waals surface area contributed by atoms with E-state index >= 15 is 0 Å². The topological polar surface area (TPSA) is 64.7 Å². The molecule has 3 aliphatic rings. The summed E-state index contributed by atoms with van der Waals surface area (Å²) >= 11 is 0. The van der Waals surface area contributed by atoms with Crippen molar-refractivity contribution in [3.63, 3.8) is 0 Å². The zero-order valence-corrected chi connectivity index (χ0v) is 19.9. The van der Waals surface area contributed by atoms with Gasteiger partial charge in [0, 0.05) is 55.6 Å². The van der Waals surface area contributed by atoms with Crippen molar-refractivity contribution in [1.29, 1.82) is 0 Å². The molecule has 0 aromatic heterocycles. The van der Waals surface area contributed by atoms with E-state index in [1.54, 1.807) is 0 Å². The van der Waals surface area contributed by atoms with Crippen LogP contribution in [0.4, 0.5) is 5.69 Å².